The molecule has 0 saturated carbocycles. The Kier molecular flexibility index (Phi) is 3.34. The second kappa shape index (κ2) is 5.17. The Morgan fingerprint density at radius 2 is 2.13 bits per heavy atom. The van der Waals surface area contributed by atoms with Crippen molar-refractivity contribution >= 4 is 38.6 Å². The third-order valence-corrected chi connectivity index (χ3v) is 7.34. The highest BCUT2D eigenvalue weighted by Crippen LogP contribution is 2.30. The van der Waals surface area contributed by atoms with Crippen molar-refractivity contribution in [2.24, 2.45) is 0 Å². The van der Waals surface area contributed by atoms with E-state index in [9.17, 15) is 13.2 Å². The van der Waals surface area contributed by atoms with Crippen molar-refractivity contribution in [2.45, 2.75) is 17.2 Å². The van der Waals surface area contributed by atoms with Gasteiger partial charge in [-0.05, 0) is 12.1 Å². The first kappa shape index (κ1) is 14.9. The molecule has 0 aliphatic carbocycles. The molecule has 7 nitrogen and oxygen atoms in total. The molecule has 1 aliphatic heterocycles. The fourth-order valence-corrected chi connectivity index (χ4v) is 5.71. The van der Waals surface area contributed by atoms with E-state index in [4.69, 9.17) is 11.6 Å². The van der Waals surface area contributed by atoms with E-state index < -0.39 is 10.0 Å². The Labute approximate surface area is 140 Å². The number of nitrogens with zero attached hydrogens (tertiary/aromatic N) is 3. The molecule has 0 saturated heterocycles. The first-order valence-electron chi connectivity index (χ1n) is 6.80. The molecular formula is C13H11ClN4O3S2. The largest absolute Gasteiger partial charge is 0.297 e. The molecule has 3 aromatic heterocycles. The van der Waals surface area contributed by atoms with Crippen LogP contribution in [0.4, 0.5) is 0 Å². The zero-order valence-electron chi connectivity index (χ0n) is 11.7. The van der Waals surface area contributed by atoms with Gasteiger partial charge in [-0.2, -0.15) is 4.31 Å². The van der Waals surface area contributed by atoms with Crippen LogP contribution in [0.5, 0.6) is 0 Å². The van der Waals surface area contributed by atoms with E-state index in [2.05, 4.69) is 10.1 Å². The summed E-state index contributed by atoms with van der Waals surface area (Å²) in [6, 6.07) is 4.74. The molecule has 1 aliphatic rings. The molecule has 0 amide bonds. The summed E-state index contributed by atoms with van der Waals surface area (Å²) in [5.41, 5.74) is 1.34. The van der Waals surface area contributed by atoms with Gasteiger partial charge in [0.1, 0.15) is 4.21 Å². The van der Waals surface area contributed by atoms with Gasteiger partial charge in [0.2, 0.25) is 0 Å². The molecule has 0 aromatic carbocycles. The van der Waals surface area contributed by atoms with Crippen LogP contribution < -0.4 is 5.56 Å². The second-order valence-corrected chi connectivity index (χ2v) is 9.03. The highest BCUT2D eigenvalue weighted by Gasteiger charge is 2.32. The van der Waals surface area contributed by atoms with Crippen molar-refractivity contribution in [1.29, 1.82) is 0 Å². The standard InChI is InChI=1S/C13H11ClN4O3S2/c14-10-1-2-12(22-10)23(20,21)17-6-4-9-8(7-17)13(19)18-11(16-9)3-5-15-18/h1-3,5,15H,4,6-7H2. The number of aromatic nitrogens is 3. The predicted molar refractivity (Wildman–Crippen MR) is 86.4 cm³/mol. The summed E-state index contributed by atoms with van der Waals surface area (Å²) in [7, 11) is -3.66. The number of sulfonamides is 1. The van der Waals surface area contributed by atoms with E-state index in [0.717, 1.165) is 11.3 Å². The van der Waals surface area contributed by atoms with E-state index in [1.165, 1.54) is 14.9 Å². The Balaban J connectivity index is 1.78. The third kappa shape index (κ3) is 2.31. The Morgan fingerprint density at radius 1 is 1.30 bits per heavy atom. The second-order valence-electron chi connectivity index (χ2n) is 5.15. The number of rotatable bonds is 2. The molecule has 120 valence electrons. The molecule has 0 unspecified atom stereocenters. The molecule has 4 heterocycles. The fraction of sp³-hybridized carbons (Fsp3) is 0.231. The molecule has 0 bridgehead atoms. The minimum atomic E-state index is -3.66. The van der Waals surface area contributed by atoms with E-state index in [1.54, 1.807) is 18.3 Å². The Hall–Kier alpha value is -1.68. The SMILES string of the molecule is O=c1c2c(nc3cc[nH]n13)CCN(S(=O)(=O)c1ccc(Cl)s1)C2. The van der Waals surface area contributed by atoms with Crippen LogP contribution in [0.2, 0.25) is 4.34 Å². The maximum Gasteiger partial charge on any atom is 0.277 e. The number of hydrogen-bond donors (Lipinski definition) is 1. The summed E-state index contributed by atoms with van der Waals surface area (Å²) in [6.07, 6.45) is 2.03. The lowest BCUT2D eigenvalue weighted by atomic mass is 10.1. The molecule has 0 spiro atoms. The molecule has 10 heteroatoms. The van der Waals surface area contributed by atoms with Gasteiger partial charge in [0.15, 0.2) is 5.65 Å². The van der Waals surface area contributed by atoms with Crippen LogP contribution in [0.3, 0.4) is 0 Å². The van der Waals surface area contributed by atoms with Gasteiger partial charge in [0.25, 0.3) is 15.6 Å². The Morgan fingerprint density at radius 3 is 2.87 bits per heavy atom. The smallest absolute Gasteiger partial charge is 0.277 e. The molecular weight excluding hydrogens is 360 g/mol. The first-order chi connectivity index (χ1) is 11.0. The number of halogens is 1. The average Bonchev–Trinajstić information content (AvgIpc) is 3.16. The monoisotopic (exact) mass is 370 g/mol. The van der Waals surface area contributed by atoms with Crippen molar-refractivity contribution in [2.75, 3.05) is 6.54 Å². The zero-order valence-corrected chi connectivity index (χ0v) is 14.1. The average molecular weight is 371 g/mol. The van der Waals surface area contributed by atoms with Gasteiger partial charge in [-0.15, -0.1) is 11.3 Å². The van der Waals surface area contributed by atoms with Gasteiger partial charge in [0.05, 0.1) is 15.6 Å². The normalized spacial score (nSPS) is 15.9. The van der Waals surface area contributed by atoms with Gasteiger partial charge in [0, 0.05) is 31.8 Å². The van der Waals surface area contributed by atoms with Crippen molar-refractivity contribution < 1.29 is 8.42 Å². The van der Waals surface area contributed by atoms with Crippen LogP contribution in [0.25, 0.3) is 5.65 Å². The first-order valence-corrected chi connectivity index (χ1v) is 9.43. The van der Waals surface area contributed by atoms with E-state index in [1.807, 2.05) is 0 Å². The van der Waals surface area contributed by atoms with E-state index in [-0.39, 0.29) is 22.9 Å². The summed E-state index contributed by atoms with van der Waals surface area (Å²) in [5.74, 6) is 0. The number of aromatic amines is 1. The van der Waals surface area contributed by atoms with Crippen molar-refractivity contribution in [3.8, 4) is 0 Å². The molecule has 0 fully saturated rings. The lowest BCUT2D eigenvalue weighted by Gasteiger charge is -2.26. The number of thiophene rings is 1. The lowest BCUT2D eigenvalue weighted by Crippen LogP contribution is -2.39. The van der Waals surface area contributed by atoms with Crippen LogP contribution in [0.15, 0.2) is 33.4 Å². The van der Waals surface area contributed by atoms with Crippen LogP contribution >= 0.6 is 22.9 Å². The maximum absolute atomic E-state index is 12.7. The molecule has 1 N–H and O–H groups in total. The minimum Gasteiger partial charge on any atom is -0.297 e. The number of H-pyrrole nitrogens is 1. The van der Waals surface area contributed by atoms with E-state index in [0.29, 0.717) is 27.7 Å². The summed E-state index contributed by atoms with van der Waals surface area (Å²) < 4.78 is 28.6. The van der Waals surface area contributed by atoms with Gasteiger partial charge in [-0.3, -0.25) is 9.89 Å². The summed E-state index contributed by atoms with van der Waals surface area (Å²) in [4.78, 5) is 16.9. The van der Waals surface area contributed by atoms with Crippen molar-refractivity contribution in [3.05, 3.63) is 50.3 Å². The maximum atomic E-state index is 12.7. The highest BCUT2D eigenvalue weighted by atomic mass is 35.5. The van der Waals surface area contributed by atoms with Gasteiger partial charge < -0.3 is 0 Å². The molecule has 0 atom stereocenters. The number of nitrogens with one attached hydrogen (secondary N) is 1. The van der Waals surface area contributed by atoms with Crippen molar-refractivity contribution in [1.82, 2.24) is 18.9 Å². The topological polar surface area (TPSA) is 87.5 Å². The quantitative estimate of drug-likeness (QED) is 0.740. The van der Waals surface area contributed by atoms with Crippen molar-refractivity contribution in [3.63, 3.8) is 0 Å². The molecule has 4 rings (SSSR count). The summed E-state index contributed by atoms with van der Waals surface area (Å²) in [5, 5.41) is 2.78. The Bertz CT molecular complexity index is 1070. The third-order valence-electron chi connectivity index (χ3n) is 3.80. The van der Waals surface area contributed by atoms with E-state index >= 15 is 0 Å². The predicted octanol–water partition coefficient (Wildman–Crippen LogP) is 1.48. The fourth-order valence-electron chi connectivity index (χ4n) is 2.66. The van der Waals surface area contributed by atoms with Gasteiger partial charge >= 0.3 is 0 Å². The number of fused-ring (bicyclic) bond motifs is 2. The minimum absolute atomic E-state index is 0.0149. The van der Waals surface area contributed by atoms with Crippen LogP contribution in [-0.2, 0) is 23.0 Å². The molecule has 0 radical (unpaired) electrons. The summed E-state index contributed by atoms with van der Waals surface area (Å²) in [6.45, 7) is 0.304. The van der Waals surface area contributed by atoms with Crippen LogP contribution in [-0.4, -0.2) is 33.9 Å². The molecule has 23 heavy (non-hydrogen) atoms. The van der Waals surface area contributed by atoms with Crippen LogP contribution in [0.1, 0.15) is 11.3 Å². The van der Waals surface area contributed by atoms with Crippen LogP contribution in [0, 0.1) is 0 Å². The van der Waals surface area contributed by atoms with Gasteiger partial charge in [-0.1, -0.05) is 11.6 Å². The molecule has 3 aromatic rings. The zero-order chi connectivity index (χ0) is 16.2. The van der Waals surface area contributed by atoms with Gasteiger partial charge in [-0.25, -0.2) is 17.9 Å². The number of hydrogen-bond acceptors (Lipinski definition) is 5. The summed E-state index contributed by atoms with van der Waals surface area (Å²) >= 11 is 6.84. The highest BCUT2D eigenvalue weighted by molar-refractivity contribution is 7.91. The lowest BCUT2D eigenvalue weighted by molar-refractivity contribution is 0.386.